The number of aromatic nitrogens is 1. The van der Waals surface area contributed by atoms with Crippen LogP contribution in [0.4, 0.5) is 0 Å². The van der Waals surface area contributed by atoms with Gasteiger partial charge in [-0.15, -0.1) is 0 Å². The van der Waals surface area contributed by atoms with E-state index in [1.807, 2.05) is 19.9 Å². The SMILES string of the molecule is C=Cc1c(/C=C\C)c(C)n(C)c1/C=C\C. The van der Waals surface area contributed by atoms with Crippen molar-refractivity contribution in [2.75, 3.05) is 0 Å². The van der Waals surface area contributed by atoms with Crippen molar-refractivity contribution >= 4 is 18.2 Å². The van der Waals surface area contributed by atoms with E-state index in [1.165, 1.54) is 22.5 Å². The molecule has 0 unspecified atom stereocenters. The van der Waals surface area contributed by atoms with E-state index < -0.39 is 0 Å². The van der Waals surface area contributed by atoms with Crippen LogP contribution in [0.2, 0.25) is 0 Å². The van der Waals surface area contributed by atoms with Gasteiger partial charge in [-0.1, -0.05) is 30.9 Å². The lowest BCUT2D eigenvalue weighted by Crippen LogP contribution is -1.93. The normalized spacial score (nSPS) is 11.7. The highest BCUT2D eigenvalue weighted by Crippen LogP contribution is 2.25. The molecule has 15 heavy (non-hydrogen) atoms. The predicted molar refractivity (Wildman–Crippen MR) is 69.7 cm³/mol. The topological polar surface area (TPSA) is 4.93 Å². The molecule has 0 aliphatic carbocycles. The summed E-state index contributed by atoms with van der Waals surface area (Å²) in [5, 5.41) is 0. The highest BCUT2D eigenvalue weighted by atomic mass is 15.0. The molecule has 0 saturated heterocycles. The van der Waals surface area contributed by atoms with Gasteiger partial charge in [0.25, 0.3) is 0 Å². The van der Waals surface area contributed by atoms with Gasteiger partial charge in [0.2, 0.25) is 0 Å². The molecule has 1 heteroatoms. The molecular weight excluding hydrogens is 182 g/mol. The maximum Gasteiger partial charge on any atom is 0.0482 e. The second-order valence-electron chi connectivity index (χ2n) is 3.56. The Kier molecular flexibility index (Phi) is 3.73. The van der Waals surface area contributed by atoms with Crippen LogP contribution < -0.4 is 0 Å². The molecule has 1 heterocycles. The second kappa shape index (κ2) is 4.83. The Morgan fingerprint density at radius 3 is 2.13 bits per heavy atom. The van der Waals surface area contributed by atoms with Crippen LogP contribution in [-0.2, 0) is 7.05 Å². The maximum absolute atomic E-state index is 3.89. The van der Waals surface area contributed by atoms with Gasteiger partial charge in [-0.2, -0.15) is 0 Å². The van der Waals surface area contributed by atoms with Crippen LogP contribution in [0.25, 0.3) is 18.2 Å². The number of nitrogens with zero attached hydrogens (tertiary/aromatic N) is 1. The zero-order valence-corrected chi connectivity index (χ0v) is 10.0. The van der Waals surface area contributed by atoms with Crippen molar-refractivity contribution < 1.29 is 0 Å². The van der Waals surface area contributed by atoms with Crippen LogP contribution in [0.3, 0.4) is 0 Å². The molecule has 0 atom stereocenters. The molecule has 0 amide bonds. The fourth-order valence-electron chi connectivity index (χ4n) is 1.83. The molecule has 0 aromatic carbocycles. The summed E-state index contributed by atoms with van der Waals surface area (Å²) in [5.74, 6) is 0. The van der Waals surface area contributed by atoms with Gasteiger partial charge in [0.15, 0.2) is 0 Å². The van der Waals surface area contributed by atoms with Gasteiger partial charge < -0.3 is 4.57 Å². The lowest BCUT2D eigenvalue weighted by Gasteiger charge is -2.00. The highest BCUT2D eigenvalue weighted by Gasteiger charge is 2.11. The quantitative estimate of drug-likeness (QED) is 0.695. The third kappa shape index (κ3) is 1.96. The first-order valence-electron chi connectivity index (χ1n) is 5.24. The summed E-state index contributed by atoms with van der Waals surface area (Å²) in [5.41, 5.74) is 4.98. The van der Waals surface area contributed by atoms with Crippen LogP contribution in [0, 0.1) is 6.92 Å². The van der Waals surface area contributed by atoms with E-state index in [1.54, 1.807) is 0 Å². The number of allylic oxidation sites excluding steroid dienone is 2. The van der Waals surface area contributed by atoms with E-state index >= 15 is 0 Å². The summed E-state index contributed by atoms with van der Waals surface area (Å²) in [6, 6.07) is 0. The van der Waals surface area contributed by atoms with Crippen LogP contribution in [0.5, 0.6) is 0 Å². The van der Waals surface area contributed by atoms with Gasteiger partial charge >= 0.3 is 0 Å². The molecule has 1 aromatic heterocycles. The van der Waals surface area contributed by atoms with Crippen molar-refractivity contribution in [3.63, 3.8) is 0 Å². The Morgan fingerprint density at radius 2 is 1.67 bits per heavy atom. The minimum atomic E-state index is 1.21. The smallest absolute Gasteiger partial charge is 0.0482 e. The molecule has 0 saturated carbocycles. The Balaban J connectivity index is 3.53. The van der Waals surface area contributed by atoms with E-state index in [9.17, 15) is 0 Å². The zero-order valence-electron chi connectivity index (χ0n) is 10.0. The maximum atomic E-state index is 3.89. The van der Waals surface area contributed by atoms with E-state index in [-0.39, 0.29) is 0 Å². The van der Waals surface area contributed by atoms with Gasteiger partial charge in [-0.05, 0) is 26.8 Å². The van der Waals surface area contributed by atoms with Crippen LogP contribution in [0.1, 0.15) is 36.4 Å². The molecule has 0 aliphatic heterocycles. The van der Waals surface area contributed by atoms with E-state index in [0.29, 0.717) is 0 Å². The monoisotopic (exact) mass is 201 g/mol. The third-order valence-corrected chi connectivity index (χ3v) is 2.68. The zero-order chi connectivity index (χ0) is 11.4. The molecule has 0 N–H and O–H groups in total. The number of hydrogen-bond donors (Lipinski definition) is 0. The molecule has 0 aliphatic rings. The van der Waals surface area contributed by atoms with Crippen LogP contribution in [0.15, 0.2) is 18.7 Å². The summed E-state index contributed by atoms with van der Waals surface area (Å²) in [4.78, 5) is 0. The van der Waals surface area contributed by atoms with E-state index in [4.69, 9.17) is 0 Å². The fourth-order valence-corrected chi connectivity index (χ4v) is 1.83. The molecule has 1 nitrogen and oxygen atoms in total. The van der Waals surface area contributed by atoms with Gasteiger partial charge in [0, 0.05) is 29.6 Å². The van der Waals surface area contributed by atoms with Crippen molar-refractivity contribution in [1.29, 1.82) is 0 Å². The standard InChI is InChI=1S/C14H19N/c1-6-9-13-11(4)15(5)14(10-7-2)12(13)8-3/h6-10H,3H2,1-2,4-5H3/b9-6-,10-7-. The van der Waals surface area contributed by atoms with Crippen molar-refractivity contribution in [3.05, 3.63) is 41.2 Å². The minimum Gasteiger partial charge on any atom is -0.347 e. The number of rotatable bonds is 3. The molecule has 0 fully saturated rings. The van der Waals surface area contributed by atoms with E-state index in [0.717, 1.165) is 0 Å². The van der Waals surface area contributed by atoms with Crippen molar-refractivity contribution in [2.24, 2.45) is 7.05 Å². The molecule has 0 bridgehead atoms. The average Bonchev–Trinajstić information content (AvgIpc) is 2.45. The Hall–Kier alpha value is -1.50. The summed E-state index contributed by atoms with van der Waals surface area (Å²) in [6.45, 7) is 10.1. The number of hydrogen-bond acceptors (Lipinski definition) is 0. The lowest BCUT2D eigenvalue weighted by atomic mass is 10.1. The summed E-state index contributed by atoms with van der Waals surface area (Å²) >= 11 is 0. The average molecular weight is 201 g/mol. The molecule has 1 aromatic rings. The van der Waals surface area contributed by atoms with Gasteiger partial charge in [0.05, 0.1) is 0 Å². The summed E-state index contributed by atoms with van der Waals surface area (Å²) in [6.07, 6.45) is 10.3. The highest BCUT2D eigenvalue weighted by molar-refractivity contribution is 5.74. The Morgan fingerprint density at radius 1 is 1.07 bits per heavy atom. The molecule has 80 valence electrons. The van der Waals surface area contributed by atoms with Crippen molar-refractivity contribution in [3.8, 4) is 0 Å². The first kappa shape index (κ1) is 11.6. The minimum absolute atomic E-state index is 1.21. The molecular formula is C14H19N. The second-order valence-corrected chi connectivity index (χ2v) is 3.56. The van der Waals surface area contributed by atoms with Crippen LogP contribution >= 0.6 is 0 Å². The first-order chi connectivity index (χ1) is 7.17. The molecule has 0 radical (unpaired) electrons. The Labute approximate surface area is 92.4 Å². The fraction of sp³-hybridized carbons (Fsp3) is 0.286. The molecule has 1 rings (SSSR count). The third-order valence-electron chi connectivity index (χ3n) is 2.68. The predicted octanol–water partition coefficient (Wildman–Crippen LogP) is 4.04. The Bertz CT molecular complexity index is 382. The summed E-state index contributed by atoms with van der Waals surface area (Å²) < 4.78 is 2.20. The van der Waals surface area contributed by atoms with Crippen molar-refractivity contribution in [1.82, 2.24) is 4.57 Å². The largest absolute Gasteiger partial charge is 0.347 e. The first-order valence-corrected chi connectivity index (χ1v) is 5.24. The van der Waals surface area contributed by atoms with Crippen LogP contribution in [-0.4, -0.2) is 4.57 Å². The van der Waals surface area contributed by atoms with Gasteiger partial charge in [0.1, 0.15) is 0 Å². The van der Waals surface area contributed by atoms with Gasteiger partial charge in [-0.3, -0.25) is 0 Å². The van der Waals surface area contributed by atoms with Gasteiger partial charge in [-0.25, -0.2) is 0 Å². The lowest BCUT2D eigenvalue weighted by molar-refractivity contribution is 0.869. The van der Waals surface area contributed by atoms with E-state index in [2.05, 4.69) is 49.4 Å². The summed E-state index contributed by atoms with van der Waals surface area (Å²) in [7, 11) is 2.09. The molecule has 0 spiro atoms. The van der Waals surface area contributed by atoms with Crippen molar-refractivity contribution in [2.45, 2.75) is 20.8 Å².